The predicted molar refractivity (Wildman–Crippen MR) is 80.6 cm³/mol. The number of fused-ring (bicyclic) bond motifs is 1. The van der Waals surface area contributed by atoms with Crippen LogP contribution >= 0.6 is 0 Å². The number of nitrogens with zero attached hydrogens (tertiary/aromatic N) is 2. The van der Waals surface area contributed by atoms with Crippen LogP contribution in [0.15, 0.2) is 18.2 Å². The molecule has 0 unspecified atom stereocenters. The van der Waals surface area contributed by atoms with Crippen molar-refractivity contribution in [3.63, 3.8) is 0 Å². The third-order valence-electron chi connectivity index (χ3n) is 3.90. The van der Waals surface area contributed by atoms with Gasteiger partial charge in [0.15, 0.2) is 0 Å². The van der Waals surface area contributed by atoms with Crippen LogP contribution in [0.3, 0.4) is 0 Å². The number of hydrogen-bond donors (Lipinski definition) is 2. The van der Waals surface area contributed by atoms with E-state index in [9.17, 15) is 4.79 Å². The summed E-state index contributed by atoms with van der Waals surface area (Å²) in [6, 6.07) is 5.81. The van der Waals surface area contributed by atoms with E-state index in [4.69, 9.17) is 4.74 Å². The zero-order valence-electron chi connectivity index (χ0n) is 12.3. The van der Waals surface area contributed by atoms with Gasteiger partial charge in [-0.15, -0.1) is 0 Å². The molecule has 0 radical (unpaired) electrons. The maximum Gasteiger partial charge on any atom is 0.317 e. The summed E-state index contributed by atoms with van der Waals surface area (Å²) in [5.74, 6) is 2.03. The van der Waals surface area contributed by atoms with E-state index in [1.54, 1.807) is 7.11 Å². The topological polar surface area (TPSA) is 70.2 Å². The highest BCUT2D eigenvalue weighted by atomic mass is 16.5. The van der Waals surface area contributed by atoms with Crippen LogP contribution in [0, 0.1) is 0 Å². The van der Waals surface area contributed by atoms with Crippen molar-refractivity contribution in [3.8, 4) is 5.75 Å². The first kappa shape index (κ1) is 13.7. The van der Waals surface area contributed by atoms with E-state index in [1.165, 1.54) is 0 Å². The maximum absolute atomic E-state index is 11.8. The van der Waals surface area contributed by atoms with Crippen LogP contribution in [0.2, 0.25) is 0 Å². The second-order valence-corrected chi connectivity index (χ2v) is 5.27. The van der Waals surface area contributed by atoms with Gasteiger partial charge in [0.2, 0.25) is 0 Å². The van der Waals surface area contributed by atoms with Crippen LogP contribution in [0.25, 0.3) is 11.0 Å². The Morgan fingerprint density at radius 1 is 1.57 bits per heavy atom. The Bertz CT molecular complexity index is 652. The molecule has 0 spiro atoms. The van der Waals surface area contributed by atoms with E-state index < -0.39 is 0 Å². The van der Waals surface area contributed by atoms with E-state index in [0.717, 1.165) is 35.6 Å². The molecule has 6 nitrogen and oxygen atoms in total. The van der Waals surface area contributed by atoms with Crippen molar-refractivity contribution in [2.24, 2.45) is 0 Å². The van der Waals surface area contributed by atoms with Gasteiger partial charge in [-0.05, 0) is 25.5 Å². The van der Waals surface area contributed by atoms with Gasteiger partial charge in [-0.2, -0.15) is 0 Å². The molecule has 21 heavy (non-hydrogen) atoms. The average molecular weight is 288 g/mol. The highest BCUT2D eigenvalue weighted by molar-refractivity contribution is 5.77. The normalized spacial score (nSPS) is 18.2. The Hall–Kier alpha value is -2.24. The van der Waals surface area contributed by atoms with Crippen molar-refractivity contribution in [3.05, 3.63) is 24.0 Å². The fraction of sp³-hybridized carbons (Fsp3) is 0.467. The molecular formula is C15H20N4O2. The van der Waals surface area contributed by atoms with Gasteiger partial charge in [-0.1, -0.05) is 0 Å². The molecule has 0 aliphatic carbocycles. The van der Waals surface area contributed by atoms with Crippen LogP contribution in [0.1, 0.15) is 25.1 Å². The molecule has 0 saturated carbocycles. The second-order valence-electron chi connectivity index (χ2n) is 5.27. The smallest absolute Gasteiger partial charge is 0.317 e. The number of aromatic nitrogens is 2. The average Bonchev–Trinajstić information content (AvgIpc) is 3.13. The molecule has 3 rings (SSSR count). The van der Waals surface area contributed by atoms with E-state index in [0.29, 0.717) is 13.1 Å². The molecule has 1 aliphatic heterocycles. The summed E-state index contributed by atoms with van der Waals surface area (Å²) in [5, 5.41) is 2.84. The molecule has 2 N–H and O–H groups in total. The number of methoxy groups -OCH3 is 1. The Labute approximate surface area is 123 Å². The van der Waals surface area contributed by atoms with Crippen molar-refractivity contribution >= 4 is 17.1 Å². The first-order valence-electron chi connectivity index (χ1n) is 7.27. The number of rotatable bonds is 3. The van der Waals surface area contributed by atoms with Gasteiger partial charge >= 0.3 is 6.03 Å². The largest absolute Gasteiger partial charge is 0.497 e. The highest BCUT2D eigenvalue weighted by Gasteiger charge is 2.29. The molecule has 1 aliphatic rings. The van der Waals surface area contributed by atoms with Crippen LogP contribution < -0.4 is 10.1 Å². The first-order chi connectivity index (χ1) is 10.2. The van der Waals surface area contributed by atoms with Crippen molar-refractivity contribution < 1.29 is 9.53 Å². The molecule has 0 bridgehead atoms. The van der Waals surface area contributed by atoms with Gasteiger partial charge < -0.3 is 19.9 Å². The third kappa shape index (κ3) is 2.66. The van der Waals surface area contributed by atoms with Crippen molar-refractivity contribution in [1.82, 2.24) is 20.2 Å². The number of amides is 2. The zero-order chi connectivity index (χ0) is 14.8. The molecule has 112 valence electrons. The van der Waals surface area contributed by atoms with Crippen LogP contribution in [0.4, 0.5) is 4.79 Å². The summed E-state index contributed by atoms with van der Waals surface area (Å²) in [4.78, 5) is 21.7. The lowest BCUT2D eigenvalue weighted by atomic mass is 10.1. The Balaban J connectivity index is 1.77. The molecule has 1 aromatic carbocycles. The predicted octanol–water partition coefficient (Wildman–Crippen LogP) is 2.09. The number of urea groups is 1. The number of carbonyl (C=O) groups excluding carboxylic acids is 1. The van der Waals surface area contributed by atoms with Crippen LogP contribution in [-0.4, -0.2) is 47.6 Å². The number of likely N-dealkylation sites (tertiary alicyclic amines) is 1. The van der Waals surface area contributed by atoms with E-state index in [2.05, 4.69) is 15.3 Å². The summed E-state index contributed by atoms with van der Waals surface area (Å²) < 4.78 is 5.22. The Morgan fingerprint density at radius 2 is 2.43 bits per heavy atom. The number of imidazole rings is 1. The summed E-state index contributed by atoms with van der Waals surface area (Å²) in [6.45, 7) is 4.07. The number of ether oxygens (including phenoxy) is 1. The Kier molecular flexibility index (Phi) is 3.68. The quantitative estimate of drug-likeness (QED) is 0.908. The number of carbonyl (C=O) groups is 1. The Morgan fingerprint density at radius 3 is 3.19 bits per heavy atom. The molecule has 1 fully saturated rings. The molecule has 2 aromatic rings. The van der Waals surface area contributed by atoms with E-state index in [-0.39, 0.29) is 11.9 Å². The number of benzene rings is 1. The fourth-order valence-electron chi connectivity index (χ4n) is 2.76. The molecule has 2 heterocycles. The third-order valence-corrected chi connectivity index (χ3v) is 3.90. The highest BCUT2D eigenvalue weighted by Crippen LogP contribution is 2.28. The molecule has 2 amide bonds. The number of aromatic amines is 1. The number of hydrogen-bond acceptors (Lipinski definition) is 3. The van der Waals surface area contributed by atoms with Crippen LogP contribution in [0.5, 0.6) is 5.75 Å². The summed E-state index contributed by atoms with van der Waals surface area (Å²) >= 11 is 0. The lowest BCUT2D eigenvalue weighted by molar-refractivity contribution is 0.209. The molecular weight excluding hydrogens is 268 g/mol. The lowest BCUT2D eigenvalue weighted by Crippen LogP contribution is -2.38. The first-order valence-corrected chi connectivity index (χ1v) is 7.27. The number of H-pyrrole nitrogens is 1. The van der Waals surface area contributed by atoms with Crippen molar-refractivity contribution in [2.45, 2.75) is 19.3 Å². The van der Waals surface area contributed by atoms with Gasteiger partial charge in [-0.25, -0.2) is 9.78 Å². The fourth-order valence-corrected chi connectivity index (χ4v) is 2.76. The van der Waals surface area contributed by atoms with E-state index in [1.807, 2.05) is 30.0 Å². The monoisotopic (exact) mass is 288 g/mol. The molecule has 1 aromatic heterocycles. The van der Waals surface area contributed by atoms with Gasteiger partial charge in [-0.3, -0.25) is 0 Å². The minimum Gasteiger partial charge on any atom is -0.497 e. The molecule has 6 heteroatoms. The zero-order valence-corrected chi connectivity index (χ0v) is 12.3. The SMILES string of the molecule is CCNC(=O)N1CC[C@H](c2nc3ccc(OC)cc3[nH]2)C1. The summed E-state index contributed by atoms with van der Waals surface area (Å²) in [6.07, 6.45) is 0.939. The van der Waals surface area contributed by atoms with Gasteiger partial charge in [0.05, 0.1) is 18.1 Å². The lowest BCUT2D eigenvalue weighted by Gasteiger charge is -2.16. The van der Waals surface area contributed by atoms with Crippen molar-refractivity contribution in [1.29, 1.82) is 0 Å². The minimum absolute atomic E-state index is 0.0118. The van der Waals surface area contributed by atoms with Crippen molar-refractivity contribution in [2.75, 3.05) is 26.7 Å². The van der Waals surface area contributed by atoms with E-state index >= 15 is 0 Å². The van der Waals surface area contributed by atoms with Gasteiger partial charge in [0.1, 0.15) is 11.6 Å². The molecule has 1 saturated heterocycles. The van der Waals surface area contributed by atoms with Gasteiger partial charge in [0.25, 0.3) is 0 Å². The summed E-state index contributed by atoms with van der Waals surface area (Å²) in [7, 11) is 1.65. The number of nitrogens with one attached hydrogen (secondary N) is 2. The van der Waals surface area contributed by atoms with Crippen LogP contribution in [-0.2, 0) is 0 Å². The van der Waals surface area contributed by atoms with Gasteiger partial charge in [0, 0.05) is 31.6 Å². The standard InChI is InChI=1S/C15H20N4O2/c1-3-16-15(20)19-7-6-10(9-19)14-17-12-5-4-11(21-2)8-13(12)18-14/h4-5,8,10H,3,6-7,9H2,1-2H3,(H,16,20)(H,17,18)/t10-/m0/s1. The second kappa shape index (κ2) is 5.63. The minimum atomic E-state index is 0.0118. The maximum atomic E-state index is 11.8. The molecule has 1 atom stereocenters. The summed E-state index contributed by atoms with van der Waals surface area (Å²) in [5.41, 5.74) is 1.91.